The zero-order valence-electron chi connectivity index (χ0n) is 11.3. The summed E-state index contributed by atoms with van der Waals surface area (Å²) in [5, 5.41) is 14.2. The molecule has 0 bridgehead atoms. The molecule has 0 aliphatic carbocycles. The van der Waals surface area contributed by atoms with E-state index in [9.17, 15) is 14.9 Å². The fraction of sp³-hybridized carbons (Fsp3) is 0.462. The van der Waals surface area contributed by atoms with E-state index in [1.165, 1.54) is 18.2 Å². The van der Waals surface area contributed by atoms with Crippen molar-refractivity contribution in [2.75, 3.05) is 32.0 Å². The molecule has 0 spiro atoms. The van der Waals surface area contributed by atoms with Gasteiger partial charge in [0.25, 0.3) is 5.69 Å². The first-order valence-electron chi connectivity index (χ1n) is 6.48. The van der Waals surface area contributed by atoms with E-state index in [0.717, 1.165) is 19.5 Å². The summed E-state index contributed by atoms with van der Waals surface area (Å²) in [7, 11) is 2.06. The SMILES string of the molecule is CN1CCC(CNc2ccc(C(N)=O)cc2[N+](=O)[O-])C1. The minimum atomic E-state index is -0.669. The summed E-state index contributed by atoms with van der Waals surface area (Å²) < 4.78 is 0. The molecule has 20 heavy (non-hydrogen) atoms. The number of nitrogens with one attached hydrogen (secondary N) is 1. The van der Waals surface area contributed by atoms with Crippen molar-refractivity contribution in [2.24, 2.45) is 11.7 Å². The topological polar surface area (TPSA) is 102 Å². The van der Waals surface area contributed by atoms with Crippen LogP contribution in [0.15, 0.2) is 18.2 Å². The Hall–Kier alpha value is -2.15. The van der Waals surface area contributed by atoms with Gasteiger partial charge in [-0.05, 0) is 38.1 Å². The van der Waals surface area contributed by atoms with Gasteiger partial charge in [-0.2, -0.15) is 0 Å². The highest BCUT2D eigenvalue weighted by Crippen LogP contribution is 2.26. The van der Waals surface area contributed by atoms with Gasteiger partial charge in [0.2, 0.25) is 5.91 Å². The van der Waals surface area contributed by atoms with Crippen molar-refractivity contribution < 1.29 is 9.72 Å². The zero-order valence-corrected chi connectivity index (χ0v) is 11.3. The molecule has 1 fully saturated rings. The number of rotatable bonds is 5. The Morgan fingerprint density at radius 2 is 2.35 bits per heavy atom. The van der Waals surface area contributed by atoms with Crippen LogP contribution in [0.1, 0.15) is 16.8 Å². The van der Waals surface area contributed by atoms with Gasteiger partial charge in [0, 0.05) is 24.7 Å². The highest BCUT2D eigenvalue weighted by Gasteiger charge is 2.21. The number of hydrogen-bond donors (Lipinski definition) is 2. The van der Waals surface area contributed by atoms with E-state index in [1.807, 2.05) is 0 Å². The van der Waals surface area contributed by atoms with E-state index in [-0.39, 0.29) is 11.3 Å². The van der Waals surface area contributed by atoms with E-state index in [0.29, 0.717) is 18.2 Å². The fourth-order valence-electron chi connectivity index (χ4n) is 2.43. The molecular formula is C13H18N4O3. The largest absolute Gasteiger partial charge is 0.379 e. The van der Waals surface area contributed by atoms with Crippen LogP contribution in [0.5, 0.6) is 0 Å². The number of nitrogens with two attached hydrogens (primary N) is 1. The summed E-state index contributed by atoms with van der Waals surface area (Å²) in [6.07, 6.45) is 1.08. The van der Waals surface area contributed by atoms with Crippen LogP contribution >= 0.6 is 0 Å². The average Bonchev–Trinajstić information content (AvgIpc) is 2.81. The minimum absolute atomic E-state index is 0.118. The van der Waals surface area contributed by atoms with Crippen molar-refractivity contribution in [3.63, 3.8) is 0 Å². The summed E-state index contributed by atoms with van der Waals surface area (Å²) in [4.78, 5) is 23.8. The molecule has 1 aromatic rings. The number of nitro groups is 1. The predicted octanol–water partition coefficient (Wildman–Crippen LogP) is 1.06. The Balaban J connectivity index is 2.10. The predicted molar refractivity (Wildman–Crippen MR) is 75.7 cm³/mol. The van der Waals surface area contributed by atoms with Crippen molar-refractivity contribution in [1.82, 2.24) is 4.90 Å². The second-order valence-electron chi connectivity index (χ2n) is 5.15. The molecule has 0 saturated carbocycles. The van der Waals surface area contributed by atoms with Crippen LogP contribution in [0, 0.1) is 16.0 Å². The Bertz CT molecular complexity index is 532. The Labute approximate surface area is 116 Å². The lowest BCUT2D eigenvalue weighted by atomic mass is 10.1. The van der Waals surface area contributed by atoms with Gasteiger partial charge < -0.3 is 16.0 Å². The molecule has 1 unspecified atom stereocenters. The van der Waals surface area contributed by atoms with Crippen molar-refractivity contribution >= 4 is 17.3 Å². The van der Waals surface area contributed by atoms with Crippen LogP contribution in [-0.2, 0) is 0 Å². The third-order valence-corrected chi connectivity index (χ3v) is 3.55. The summed E-state index contributed by atoms with van der Waals surface area (Å²) in [5.41, 5.74) is 5.58. The van der Waals surface area contributed by atoms with Crippen molar-refractivity contribution in [3.05, 3.63) is 33.9 Å². The molecule has 0 radical (unpaired) electrons. The third-order valence-electron chi connectivity index (χ3n) is 3.55. The average molecular weight is 278 g/mol. The molecule has 108 valence electrons. The Morgan fingerprint density at radius 1 is 1.60 bits per heavy atom. The molecule has 1 heterocycles. The molecule has 1 amide bonds. The number of hydrogen-bond acceptors (Lipinski definition) is 5. The van der Waals surface area contributed by atoms with Gasteiger partial charge in [-0.25, -0.2) is 0 Å². The summed E-state index contributed by atoms with van der Waals surface area (Å²) >= 11 is 0. The van der Waals surface area contributed by atoms with Gasteiger partial charge in [0.05, 0.1) is 4.92 Å². The number of anilines is 1. The normalized spacial score (nSPS) is 18.9. The van der Waals surface area contributed by atoms with E-state index in [1.54, 1.807) is 0 Å². The van der Waals surface area contributed by atoms with Crippen LogP contribution < -0.4 is 11.1 Å². The number of carbonyl (C=O) groups excluding carboxylic acids is 1. The first kappa shape index (κ1) is 14.3. The maximum Gasteiger partial charge on any atom is 0.293 e. The van der Waals surface area contributed by atoms with Crippen molar-refractivity contribution in [3.8, 4) is 0 Å². The summed E-state index contributed by atoms with van der Waals surface area (Å²) in [5.74, 6) is -0.188. The monoisotopic (exact) mass is 278 g/mol. The first-order valence-corrected chi connectivity index (χ1v) is 6.48. The molecular weight excluding hydrogens is 260 g/mol. The lowest BCUT2D eigenvalue weighted by Crippen LogP contribution is -2.19. The second kappa shape index (κ2) is 5.87. The minimum Gasteiger partial charge on any atom is -0.379 e. The van der Waals surface area contributed by atoms with Crippen molar-refractivity contribution in [2.45, 2.75) is 6.42 Å². The number of benzene rings is 1. The highest BCUT2D eigenvalue weighted by atomic mass is 16.6. The summed E-state index contributed by atoms with van der Waals surface area (Å²) in [6.45, 7) is 2.72. The number of nitrogens with zero attached hydrogens (tertiary/aromatic N) is 2. The van der Waals surface area contributed by atoms with E-state index in [2.05, 4.69) is 17.3 Å². The first-order chi connectivity index (χ1) is 9.47. The van der Waals surface area contributed by atoms with Gasteiger partial charge in [-0.3, -0.25) is 14.9 Å². The number of carbonyl (C=O) groups is 1. The maximum absolute atomic E-state index is 11.1. The van der Waals surface area contributed by atoms with Crippen molar-refractivity contribution in [1.29, 1.82) is 0 Å². The molecule has 3 N–H and O–H groups in total. The maximum atomic E-state index is 11.1. The molecule has 1 aliphatic rings. The molecule has 2 rings (SSSR count). The Kier molecular flexibility index (Phi) is 4.19. The van der Waals surface area contributed by atoms with Gasteiger partial charge in [-0.15, -0.1) is 0 Å². The Morgan fingerprint density at radius 3 is 2.90 bits per heavy atom. The smallest absolute Gasteiger partial charge is 0.293 e. The summed E-state index contributed by atoms with van der Waals surface area (Å²) in [6, 6.07) is 4.25. The van der Waals surface area contributed by atoms with E-state index >= 15 is 0 Å². The molecule has 0 aromatic heterocycles. The number of amides is 1. The van der Waals surface area contributed by atoms with Crippen LogP contribution in [0.3, 0.4) is 0 Å². The second-order valence-corrected chi connectivity index (χ2v) is 5.15. The quantitative estimate of drug-likeness (QED) is 0.619. The van der Waals surface area contributed by atoms with Gasteiger partial charge in [0.15, 0.2) is 0 Å². The van der Waals surface area contributed by atoms with Crippen LogP contribution in [-0.4, -0.2) is 42.4 Å². The fourth-order valence-corrected chi connectivity index (χ4v) is 2.43. The molecule has 7 heteroatoms. The number of nitro benzene ring substituents is 1. The van der Waals surface area contributed by atoms with Crippen LogP contribution in [0.25, 0.3) is 0 Å². The van der Waals surface area contributed by atoms with Gasteiger partial charge >= 0.3 is 0 Å². The lowest BCUT2D eigenvalue weighted by molar-refractivity contribution is -0.384. The van der Waals surface area contributed by atoms with Gasteiger partial charge in [-0.1, -0.05) is 0 Å². The highest BCUT2D eigenvalue weighted by molar-refractivity contribution is 5.94. The van der Waals surface area contributed by atoms with Crippen LogP contribution in [0.4, 0.5) is 11.4 Å². The van der Waals surface area contributed by atoms with Gasteiger partial charge in [0.1, 0.15) is 5.69 Å². The van der Waals surface area contributed by atoms with Crippen LogP contribution in [0.2, 0.25) is 0 Å². The third kappa shape index (κ3) is 3.24. The molecule has 1 saturated heterocycles. The van der Waals surface area contributed by atoms with E-state index < -0.39 is 10.8 Å². The van der Waals surface area contributed by atoms with E-state index in [4.69, 9.17) is 5.73 Å². The molecule has 1 aliphatic heterocycles. The standard InChI is InChI=1S/C13H18N4O3/c1-16-5-4-9(8-16)7-15-11-3-2-10(13(14)18)6-12(11)17(19)20/h2-3,6,9,15H,4-5,7-8H2,1H3,(H2,14,18). The molecule has 1 atom stereocenters. The zero-order chi connectivity index (χ0) is 14.7. The molecule has 7 nitrogen and oxygen atoms in total. The molecule has 1 aromatic carbocycles. The number of primary amides is 1. The number of likely N-dealkylation sites (tertiary alicyclic amines) is 1. The lowest BCUT2D eigenvalue weighted by Gasteiger charge is -2.13.